The van der Waals surface area contributed by atoms with Crippen molar-refractivity contribution >= 4 is 11.7 Å². The van der Waals surface area contributed by atoms with Gasteiger partial charge in [0.15, 0.2) is 0 Å². The van der Waals surface area contributed by atoms with Crippen LogP contribution in [0.4, 0.5) is 5.82 Å². The monoisotopic (exact) mass is 375 g/mol. The van der Waals surface area contributed by atoms with Crippen LogP contribution in [0.25, 0.3) is 5.69 Å². The summed E-state index contributed by atoms with van der Waals surface area (Å²) in [6, 6.07) is 13.8. The Balaban J connectivity index is 1.45. The molecule has 1 aliphatic rings. The highest BCUT2D eigenvalue weighted by atomic mass is 16.2. The highest BCUT2D eigenvalue weighted by Crippen LogP contribution is 2.19. The van der Waals surface area contributed by atoms with E-state index in [9.17, 15) is 4.79 Å². The molecule has 0 atom stereocenters. The van der Waals surface area contributed by atoms with Crippen molar-refractivity contribution in [2.75, 3.05) is 18.4 Å². The molecule has 144 valence electrons. The van der Waals surface area contributed by atoms with E-state index in [1.807, 2.05) is 59.0 Å². The highest BCUT2D eigenvalue weighted by Gasteiger charge is 2.19. The number of amides is 1. The molecule has 1 amide bonds. The van der Waals surface area contributed by atoms with E-state index in [4.69, 9.17) is 0 Å². The number of likely N-dealkylation sites (tertiary alicyclic amines) is 1. The molecule has 6 nitrogen and oxygen atoms in total. The van der Waals surface area contributed by atoms with Crippen LogP contribution in [0.2, 0.25) is 0 Å². The van der Waals surface area contributed by atoms with Gasteiger partial charge in [0, 0.05) is 37.1 Å². The van der Waals surface area contributed by atoms with Gasteiger partial charge in [-0.25, -0.2) is 9.67 Å². The van der Waals surface area contributed by atoms with Gasteiger partial charge >= 0.3 is 0 Å². The van der Waals surface area contributed by atoms with E-state index in [1.54, 1.807) is 6.20 Å². The lowest BCUT2D eigenvalue weighted by atomic mass is 10.2. The first-order valence-electron chi connectivity index (χ1n) is 9.73. The topological polar surface area (TPSA) is 63.1 Å². The first kappa shape index (κ1) is 18.2. The second-order valence-corrected chi connectivity index (χ2v) is 7.18. The minimum Gasteiger partial charge on any atom is -0.366 e. The summed E-state index contributed by atoms with van der Waals surface area (Å²) < 4.78 is 1.97. The van der Waals surface area contributed by atoms with Crippen LogP contribution < -0.4 is 5.32 Å². The Morgan fingerprint density at radius 2 is 1.82 bits per heavy atom. The Kier molecular flexibility index (Phi) is 5.10. The number of aryl methyl sites for hydroxylation is 1. The van der Waals surface area contributed by atoms with Gasteiger partial charge in [-0.05, 0) is 51.0 Å². The molecule has 2 aromatic heterocycles. The molecule has 0 aliphatic carbocycles. The molecule has 4 rings (SSSR count). The molecule has 1 aliphatic heterocycles. The van der Waals surface area contributed by atoms with Crippen molar-refractivity contribution < 1.29 is 4.79 Å². The van der Waals surface area contributed by atoms with Crippen LogP contribution in [0.5, 0.6) is 0 Å². The molecule has 1 aromatic carbocycles. The van der Waals surface area contributed by atoms with E-state index in [1.165, 1.54) is 0 Å². The van der Waals surface area contributed by atoms with Gasteiger partial charge in [-0.1, -0.05) is 18.2 Å². The van der Waals surface area contributed by atoms with E-state index in [2.05, 4.69) is 22.3 Å². The minimum atomic E-state index is 0.0763. The first-order chi connectivity index (χ1) is 13.6. The number of carbonyl (C=O) groups is 1. The predicted octanol–water partition coefficient (Wildman–Crippen LogP) is 3.73. The Morgan fingerprint density at radius 1 is 1.07 bits per heavy atom. The molecule has 0 unspecified atom stereocenters. The van der Waals surface area contributed by atoms with E-state index in [0.717, 1.165) is 54.4 Å². The van der Waals surface area contributed by atoms with Gasteiger partial charge in [0.05, 0.1) is 16.9 Å². The van der Waals surface area contributed by atoms with E-state index in [0.29, 0.717) is 12.1 Å². The highest BCUT2D eigenvalue weighted by molar-refractivity contribution is 5.94. The quantitative estimate of drug-likeness (QED) is 0.738. The van der Waals surface area contributed by atoms with Crippen LogP contribution in [0.1, 0.15) is 40.2 Å². The number of carbonyl (C=O) groups excluding carboxylic acids is 1. The SMILES string of the molecule is Cc1nn(-c2ccccc2)c(C)c1CNc1ccc(C(=O)N2CCCC2)cn1. The van der Waals surface area contributed by atoms with Crippen molar-refractivity contribution in [3.05, 3.63) is 71.2 Å². The largest absolute Gasteiger partial charge is 0.366 e. The Labute approximate surface area is 165 Å². The average Bonchev–Trinajstić information content (AvgIpc) is 3.36. The van der Waals surface area contributed by atoms with Gasteiger partial charge in [0.1, 0.15) is 5.82 Å². The fourth-order valence-corrected chi connectivity index (χ4v) is 3.66. The third-order valence-corrected chi connectivity index (χ3v) is 5.29. The van der Waals surface area contributed by atoms with Crippen molar-refractivity contribution in [1.29, 1.82) is 0 Å². The second-order valence-electron chi connectivity index (χ2n) is 7.18. The van der Waals surface area contributed by atoms with Crippen LogP contribution in [-0.2, 0) is 6.54 Å². The van der Waals surface area contributed by atoms with Crippen LogP contribution in [-0.4, -0.2) is 38.7 Å². The zero-order chi connectivity index (χ0) is 19.5. The smallest absolute Gasteiger partial charge is 0.255 e. The van der Waals surface area contributed by atoms with E-state index in [-0.39, 0.29) is 5.91 Å². The standard InChI is InChI=1S/C22H25N5O/c1-16-20(17(2)27(25-16)19-8-4-3-5-9-19)15-24-21-11-10-18(14-23-21)22(28)26-12-6-7-13-26/h3-5,8-11,14H,6-7,12-13,15H2,1-2H3,(H,23,24). The van der Waals surface area contributed by atoms with E-state index < -0.39 is 0 Å². The Morgan fingerprint density at radius 3 is 2.50 bits per heavy atom. The number of anilines is 1. The van der Waals surface area contributed by atoms with Gasteiger partial charge in [-0.15, -0.1) is 0 Å². The molecular weight excluding hydrogens is 350 g/mol. The number of rotatable bonds is 5. The van der Waals surface area contributed by atoms with Crippen molar-refractivity contribution in [1.82, 2.24) is 19.7 Å². The molecule has 0 radical (unpaired) electrons. The zero-order valence-corrected chi connectivity index (χ0v) is 16.4. The predicted molar refractivity (Wildman–Crippen MR) is 110 cm³/mol. The second kappa shape index (κ2) is 7.84. The average molecular weight is 375 g/mol. The van der Waals surface area contributed by atoms with Gasteiger partial charge in [0.2, 0.25) is 0 Å². The molecule has 0 saturated carbocycles. The third-order valence-electron chi connectivity index (χ3n) is 5.29. The summed E-state index contributed by atoms with van der Waals surface area (Å²) in [4.78, 5) is 18.7. The summed E-state index contributed by atoms with van der Waals surface area (Å²) in [7, 11) is 0. The molecule has 1 fully saturated rings. The van der Waals surface area contributed by atoms with Crippen molar-refractivity contribution in [3.63, 3.8) is 0 Å². The van der Waals surface area contributed by atoms with Crippen LogP contribution in [0, 0.1) is 13.8 Å². The summed E-state index contributed by atoms with van der Waals surface area (Å²) in [6.07, 6.45) is 3.85. The normalized spacial score (nSPS) is 13.7. The summed E-state index contributed by atoms with van der Waals surface area (Å²) in [5.41, 5.74) is 4.96. The van der Waals surface area contributed by atoms with Gasteiger partial charge in [-0.2, -0.15) is 5.10 Å². The molecule has 28 heavy (non-hydrogen) atoms. The summed E-state index contributed by atoms with van der Waals surface area (Å²) in [5.74, 6) is 0.830. The Bertz CT molecular complexity index is 957. The molecule has 1 saturated heterocycles. The number of nitrogens with zero attached hydrogens (tertiary/aromatic N) is 4. The molecule has 0 spiro atoms. The van der Waals surface area contributed by atoms with Gasteiger partial charge in [-0.3, -0.25) is 4.79 Å². The molecule has 0 bridgehead atoms. The fraction of sp³-hybridized carbons (Fsp3) is 0.318. The number of hydrogen-bond acceptors (Lipinski definition) is 4. The number of aromatic nitrogens is 3. The lowest BCUT2D eigenvalue weighted by molar-refractivity contribution is 0.0792. The van der Waals surface area contributed by atoms with Crippen molar-refractivity contribution in [3.8, 4) is 5.69 Å². The molecular formula is C22H25N5O. The number of pyridine rings is 1. The Hall–Kier alpha value is -3.15. The van der Waals surface area contributed by atoms with Crippen molar-refractivity contribution in [2.24, 2.45) is 0 Å². The first-order valence-corrected chi connectivity index (χ1v) is 9.73. The number of nitrogens with one attached hydrogen (secondary N) is 1. The number of hydrogen-bond donors (Lipinski definition) is 1. The summed E-state index contributed by atoms with van der Waals surface area (Å²) in [6.45, 7) is 6.44. The van der Waals surface area contributed by atoms with Crippen LogP contribution in [0.3, 0.4) is 0 Å². The van der Waals surface area contributed by atoms with Crippen LogP contribution in [0.15, 0.2) is 48.7 Å². The summed E-state index contributed by atoms with van der Waals surface area (Å²) in [5, 5.41) is 8.03. The number of benzene rings is 1. The maximum absolute atomic E-state index is 12.4. The van der Waals surface area contributed by atoms with Crippen LogP contribution >= 0.6 is 0 Å². The third kappa shape index (κ3) is 3.63. The van der Waals surface area contributed by atoms with Gasteiger partial charge in [0.25, 0.3) is 5.91 Å². The maximum Gasteiger partial charge on any atom is 0.255 e. The number of para-hydroxylation sites is 1. The van der Waals surface area contributed by atoms with E-state index >= 15 is 0 Å². The van der Waals surface area contributed by atoms with Crippen molar-refractivity contribution in [2.45, 2.75) is 33.2 Å². The molecule has 1 N–H and O–H groups in total. The zero-order valence-electron chi connectivity index (χ0n) is 16.4. The minimum absolute atomic E-state index is 0.0763. The summed E-state index contributed by atoms with van der Waals surface area (Å²) >= 11 is 0. The van der Waals surface area contributed by atoms with Gasteiger partial charge < -0.3 is 10.2 Å². The lowest BCUT2D eigenvalue weighted by Crippen LogP contribution is -2.27. The lowest BCUT2D eigenvalue weighted by Gasteiger charge is -2.15. The fourth-order valence-electron chi connectivity index (χ4n) is 3.66. The molecule has 3 aromatic rings. The molecule has 6 heteroatoms. The maximum atomic E-state index is 12.4. The molecule has 3 heterocycles.